The van der Waals surface area contributed by atoms with Gasteiger partial charge in [0.1, 0.15) is 17.5 Å². The monoisotopic (exact) mass is 376 g/mol. The lowest BCUT2D eigenvalue weighted by Gasteiger charge is -2.06. The number of para-hydroxylation sites is 1. The Bertz CT molecular complexity index is 992. The number of rotatable bonds is 7. The Morgan fingerprint density at radius 2 is 1.71 bits per heavy atom. The van der Waals surface area contributed by atoms with Gasteiger partial charge in [0.05, 0.1) is 12.3 Å². The van der Waals surface area contributed by atoms with Crippen LogP contribution in [-0.2, 0) is 4.79 Å². The number of hydrogen-bond donors (Lipinski definition) is 2. The minimum atomic E-state index is -1.36. The molecule has 2 aromatic carbocycles. The van der Waals surface area contributed by atoms with E-state index in [1.165, 1.54) is 6.07 Å². The Morgan fingerprint density at radius 1 is 1.00 bits per heavy atom. The molecule has 7 heteroatoms. The molecule has 0 bridgehead atoms. The predicted octanol–water partition coefficient (Wildman–Crippen LogP) is 2.26. The second-order valence-corrected chi connectivity index (χ2v) is 5.98. The van der Waals surface area contributed by atoms with Crippen LogP contribution in [0.4, 0.5) is 5.69 Å². The number of hydrazone groups is 1. The highest BCUT2D eigenvalue weighted by Gasteiger charge is 2.07. The van der Waals surface area contributed by atoms with Gasteiger partial charge in [-0.1, -0.05) is 42.5 Å². The number of amides is 1. The third kappa shape index (κ3) is 4.85. The summed E-state index contributed by atoms with van der Waals surface area (Å²) in [6.45, 7) is 1.89. The highest BCUT2D eigenvalue weighted by molar-refractivity contribution is 5.99. The molecule has 0 saturated heterocycles. The molecule has 0 saturated carbocycles. The van der Waals surface area contributed by atoms with E-state index in [0.29, 0.717) is 11.5 Å². The van der Waals surface area contributed by atoms with Gasteiger partial charge in [-0.15, -0.1) is 0 Å². The fraction of sp³-hybridized carbons (Fsp3) is 0.0952. The van der Waals surface area contributed by atoms with Crippen molar-refractivity contribution in [2.24, 2.45) is 5.10 Å². The first-order chi connectivity index (χ1) is 13.5. The maximum atomic E-state index is 11.9. The first-order valence-corrected chi connectivity index (χ1v) is 8.57. The number of benzene rings is 2. The number of anilines is 1. The summed E-state index contributed by atoms with van der Waals surface area (Å²) in [6, 6.07) is 19.5. The van der Waals surface area contributed by atoms with Gasteiger partial charge in [-0.05, 0) is 36.8 Å². The van der Waals surface area contributed by atoms with Gasteiger partial charge in [0, 0.05) is 11.3 Å². The molecule has 0 aliphatic carbocycles. The second kappa shape index (κ2) is 8.68. The number of nitrogens with one attached hydrogen (secondary N) is 2. The van der Waals surface area contributed by atoms with Crippen molar-refractivity contribution in [3.8, 4) is 11.3 Å². The fourth-order valence-electron chi connectivity index (χ4n) is 2.47. The van der Waals surface area contributed by atoms with Crippen LogP contribution in [0.5, 0.6) is 0 Å². The Balaban J connectivity index is 1.58. The van der Waals surface area contributed by atoms with E-state index in [2.05, 4.69) is 15.8 Å². The molecule has 28 heavy (non-hydrogen) atoms. The lowest BCUT2D eigenvalue weighted by atomic mass is 10.1. The van der Waals surface area contributed by atoms with Crippen LogP contribution in [-0.4, -0.2) is 24.1 Å². The normalized spacial score (nSPS) is 11.1. The van der Waals surface area contributed by atoms with Crippen LogP contribution in [0, 0.1) is 0 Å². The fourth-order valence-corrected chi connectivity index (χ4v) is 2.47. The third-order valence-electron chi connectivity index (χ3n) is 3.97. The number of nitrogens with zero attached hydrogens (tertiary/aromatic N) is 1. The molecule has 0 aliphatic heterocycles. The van der Waals surface area contributed by atoms with Gasteiger partial charge in [-0.2, -0.15) is 5.10 Å². The minimum absolute atomic E-state index is 0.110. The largest absolute Gasteiger partial charge is 0.542 e. The van der Waals surface area contributed by atoms with Crippen molar-refractivity contribution >= 4 is 23.3 Å². The van der Waals surface area contributed by atoms with Crippen LogP contribution in [0.25, 0.3) is 11.3 Å². The quantitative estimate of drug-likeness (QED) is 0.486. The first kappa shape index (κ1) is 18.9. The summed E-state index contributed by atoms with van der Waals surface area (Å²) in [5.74, 6) is -1.40. The van der Waals surface area contributed by atoms with Gasteiger partial charge in [0.15, 0.2) is 0 Å². The topological polar surface area (TPSA) is 107 Å². The number of carboxylic acids is 1. The first-order valence-electron chi connectivity index (χ1n) is 8.57. The Morgan fingerprint density at radius 3 is 2.36 bits per heavy atom. The third-order valence-corrected chi connectivity index (χ3v) is 3.97. The number of aromatic carboxylic acids is 1. The average molecular weight is 376 g/mol. The van der Waals surface area contributed by atoms with E-state index >= 15 is 0 Å². The van der Waals surface area contributed by atoms with Crippen LogP contribution in [0.2, 0.25) is 0 Å². The van der Waals surface area contributed by atoms with Gasteiger partial charge in [0.25, 0.3) is 5.91 Å². The van der Waals surface area contributed by atoms with Crippen molar-refractivity contribution in [1.29, 1.82) is 0 Å². The van der Waals surface area contributed by atoms with Crippen molar-refractivity contribution in [3.63, 3.8) is 0 Å². The molecule has 1 amide bonds. The Labute approximate surface area is 161 Å². The summed E-state index contributed by atoms with van der Waals surface area (Å²) in [6.07, 6.45) is 0. The molecule has 7 nitrogen and oxygen atoms in total. The maximum Gasteiger partial charge on any atom is 0.259 e. The minimum Gasteiger partial charge on any atom is -0.542 e. The zero-order valence-corrected chi connectivity index (χ0v) is 15.1. The number of hydrogen-bond acceptors (Lipinski definition) is 6. The van der Waals surface area contributed by atoms with Gasteiger partial charge in [-0.25, -0.2) is 5.43 Å². The summed E-state index contributed by atoms with van der Waals surface area (Å²) in [7, 11) is 0. The molecule has 0 spiro atoms. The van der Waals surface area contributed by atoms with Crippen LogP contribution in [0.1, 0.15) is 23.0 Å². The van der Waals surface area contributed by atoms with E-state index in [4.69, 9.17) is 4.42 Å². The lowest BCUT2D eigenvalue weighted by molar-refractivity contribution is -0.257. The maximum absolute atomic E-state index is 11.9. The average Bonchev–Trinajstić information content (AvgIpc) is 3.22. The van der Waals surface area contributed by atoms with E-state index in [-0.39, 0.29) is 18.2 Å². The number of carbonyl (C=O) groups excluding carboxylic acids is 2. The van der Waals surface area contributed by atoms with Gasteiger partial charge in [-0.3, -0.25) is 4.79 Å². The standard InChI is InChI=1S/C21H19N3O4/c1-14(23-24-20(25)13-22-17-5-3-2-4-6-17)15-7-9-16(10-8-15)18-11-12-19(28-18)21(26)27/h2-12,22H,13H2,1H3,(H,24,25)(H,26,27)/p-1/b23-14-. The van der Waals surface area contributed by atoms with Crippen molar-refractivity contribution in [3.05, 3.63) is 78.1 Å². The summed E-state index contributed by atoms with van der Waals surface area (Å²) >= 11 is 0. The van der Waals surface area contributed by atoms with Crippen molar-refractivity contribution in [2.75, 3.05) is 11.9 Å². The molecule has 0 unspecified atom stereocenters. The molecule has 0 atom stereocenters. The van der Waals surface area contributed by atoms with Crippen molar-refractivity contribution < 1.29 is 19.1 Å². The highest BCUT2D eigenvalue weighted by Crippen LogP contribution is 2.22. The lowest BCUT2D eigenvalue weighted by Crippen LogP contribution is -2.26. The molecule has 0 fully saturated rings. The summed E-state index contributed by atoms with van der Waals surface area (Å²) in [5, 5.41) is 17.9. The van der Waals surface area contributed by atoms with Crippen LogP contribution < -0.4 is 15.8 Å². The highest BCUT2D eigenvalue weighted by atomic mass is 16.4. The molecule has 1 aromatic heterocycles. The zero-order valence-electron chi connectivity index (χ0n) is 15.1. The van der Waals surface area contributed by atoms with E-state index in [9.17, 15) is 14.7 Å². The van der Waals surface area contributed by atoms with E-state index in [1.807, 2.05) is 42.5 Å². The predicted molar refractivity (Wildman–Crippen MR) is 104 cm³/mol. The Hall–Kier alpha value is -3.87. The van der Waals surface area contributed by atoms with Crippen molar-refractivity contribution in [1.82, 2.24) is 5.43 Å². The zero-order chi connectivity index (χ0) is 19.9. The Kier molecular flexibility index (Phi) is 5.86. The molecular formula is C21H18N3O4-. The molecule has 142 valence electrons. The second-order valence-electron chi connectivity index (χ2n) is 5.98. The smallest absolute Gasteiger partial charge is 0.259 e. The molecule has 1 heterocycles. The molecule has 2 N–H and O–H groups in total. The molecule has 3 aromatic rings. The van der Waals surface area contributed by atoms with Gasteiger partial charge >= 0.3 is 0 Å². The van der Waals surface area contributed by atoms with Crippen molar-refractivity contribution in [2.45, 2.75) is 6.92 Å². The number of carbonyl (C=O) groups is 2. The van der Waals surface area contributed by atoms with Crippen LogP contribution in [0.15, 0.2) is 76.2 Å². The SMILES string of the molecule is C/C(=N/NC(=O)CNc1ccccc1)c1ccc(-c2ccc(C(=O)[O-])o2)cc1. The molecule has 0 aliphatic rings. The summed E-state index contributed by atoms with van der Waals surface area (Å²) in [5.41, 5.74) is 5.53. The summed E-state index contributed by atoms with van der Waals surface area (Å²) < 4.78 is 5.22. The van der Waals surface area contributed by atoms with Crippen LogP contribution in [0.3, 0.4) is 0 Å². The summed E-state index contributed by atoms with van der Waals surface area (Å²) in [4.78, 5) is 22.7. The number of furan rings is 1. The molecular weight excluding hydrogens is 358 g/mol. The van der Waals surface area contributed by atoms with Gasteiger partial charge in [0.2, 0.25) is 0 Å². The van der Waals surface area contributed by atoms with E-state index in [0.717, 1.165) is 16.8 Å². The number of carboxylic acid groups (broad SMARTS) is 1. The molecule has 0 radical (unpaired) electrons. The van der Waals surface area contributed by atoms with Gasteiger partial charge < -0.3 is 19.6 Å². The van der Waals surface area contributed by atoms with Crippen LogP contribution >= 0.6 is 0 Å². The van der Waals surface area contributed by atoms with E-state index < -0.39 is 5.97 Å². The molecule has 3 rings (SSSR count). The van der Waals surface area contributed by atoms with E-state index in [1.54, 1.807) is 25.1 Å².